The summed E-state index contributed by atoms with van der Waals surface area (Å²) in [4.78, 5) is 26.6. The van der Waals surface area contributed by atoms with Gasteiger partial charge in [0.05, 0.1) is 18.0 Å². The maximum Gasteiger partial charge on any atom is 0.335 e. The lowest BCUT2D eigenvalue weighted by Crippen LogP contribution is -2.65. The molecule has 0 amide bonds. The molecular weight excluding hydrogens is 476 g/mol. The van der Waals surface area contributed by atoms with Crippen LogP contribution in [0.4, 0.5) is 0 Å². The first-order valence-corrected chi connectivity index (χ1v) is 16.8. The van der Waals surface area contributed by atoms with Crippen LogP contribution in [0, 0.1) is 0 Å². The molecule has 33 heavy (non-hydrogen) atoms. The normalized spacial score (nSPS) is 29.5. The highest BCUT2D eigenvalue weighted by atomic mass is 32.2. The Labute approximate surface area is 203 Å². The smallest absolute Gasteiger partial charge is 0.335 e. The van der Waals surface area contributed by atoms with Crippen molar-refractivity contribution in [3.05, 3.63) is 33.1 Å². The Kier molecular flexibility index (Phi) is 8.25. The molecule has 188 valence electrons. The zero-order valence-electron chi connectivity index (χ0n) is 21.3. The SMILES string of the molecule is CO[C@@H]1[C@@H]2O[Si](C(C)C)(C(C)C)O[Si](C(C)C)(C(C)C)OC[C@H]2S[C@H]1n1ccc(=O)[nH]c1=O. The summed E-state index contributed by atoms with van der Waals surface area (Å²) in [6, 6.07) is 1.37. The molecule has 2 aliphatic heterocycles. The molecular formula is C22H40N2O6SSi2. The summed E-state index contributed by atoms with van der Waals surface area (Å²) < 4.78 is 28.7. The molecule has 11 heteroatoms. The first-order valence-electron chi connectivity index (χ1n) is 11.9. The van der Waals surface area contributed by atoms with Gasteiger partial charge in [0, 0.05) is 19.4 Å². The van der Waals surface area contributed by atoms with Crippen molar-refractivity contribution in [2.24, 2.45) is 0 Å². The van der Waals surface area contributed by atoms with E-state index in [2.05, 4.69) is 60.4 Å². The first-order chi connectivity index (χ1) is 15.4. The van der Waals surface area contributed by atoms with Gasteiger partial charge in [0.2, 0.25) is 0 Å². The van der Waals surface area contributed by atoms with Crippen LogP contribution in [0.5, 0.6) is 0 Å². The molecule has 1 aromatic heterocycles. The van der Waals surface area contributed by atoms with Gasteiger partial charge in [-0.1, -0.05) is 55.4 Å². The van der Waals surface area contributed by atoms with Crippen molar-refractivity contribution in [3.8, 4) is 0 Å². The standard InChI is InChI=1S/C22H40N2O6SSi2/c1-13(2)32(14(3)4)28-12-17-19(29-33(30-32,15(5)6)16(7)8)20(27-9)21(31-17)24-11-10-18(25)23-22(24)26/h10-11,13-17,19-21H,12H2,1-9H3,(H,23,25,26)/t17-,19-,20-,21-/m1/s1. The Balaban J connectivity index is 2.12. The largest absolute Gasteiger partial charge is 0.414 e. The Morgan fingerprint density at radius 3 is 2.09 bits per heavy atom. The number of nitrogens with one attached hydrogen (secondary N) is 1. The molecule has 0 radical (unpaired) electrons. The van der Waals surface area contributed by atoms with Gasteiger partial charge in [0.15, 0.2) is 0 Å². The molecule has 0 aliphatic carbocycles. The third-order valence-corrected chi connectivity index (χ3v) is 18.8. The van der Waals surface area contributed by atoms with Crippen LogP contribution < -0.4 is 11.2 Å². The van der Waals surface area contributed by atoms with Gasteiger partial charge in [-0.05, 0) is 22.2 Å². The number of hydrogen-bond donors (Lipinski definition) is 1. The Hall–Kier alpha value is -0.696. The van der Waals surface area contributed by atoms with Gasteiger partial charge in [0.25, 0.3) is 5.56 Å². The molecule has 1 aromatic rings. The van der Waals surface area contributed by atoms with Crippen molar-refractivity contribution in [2.45, 2.75) is 100 Å². The van der Waals surface area contributed by atoms with Crippen LogP contribution in [0.15, 0.2) is 21.9 Å². The van der Waals surface area contributed by atoms with Crippen molar-refractivity contribution < 1.29 is 17.7 Å². The maximum atomic E-state index is 12.6. The van der Waals surface area contributed by atoms with Crippen LogP contribution in [-0.2, 0) is 17.7 Å². The monoisotopic (exact) mass is 516 g/mol. The maximum absolute atomic E-state index is 12.6. The van der Waals surface area contributed by atoms with E-state index in [1.54, 1.807) is 23.4 Å². The molecule has 0 aromatic carbocycles. The molecule has 2 saturated heterocycles. The van der Waals surface area contributed by atoms with E-state index < -0.39 is 28.4 Å². The first kappa shape index (κ1) is 26.9. The number of aromatic nitrogens is 2. The summed E-state index contributed by atoms with van der Waals surface area (Å²) in [5.41, 5.74) is 0.0948. The lowest BCUT2D eigenvalue weighted by Gasteiger charge is -2.51. The van der Waals surface area contributed by atoms with Crippen LogP contribution in [0.3, 0.4) is 0 Å². The predicted molar refractivity (Wildman–Crippen MR) is 136 cm³/mol. The average molecular weight is 517 g/mol. The topological polar surface area (TPSA) is 91.8 Å². The number of thioether (sulfide) groups is 1. The zero-order chi connectivity index (χ0) is 24.7. The summed E-state index contributed by atoms with van der Waals surface area (Å²) in [5, 5.41) is -0.354. The number of hydrogen-bond acceptors (Lipinski definition) is 7. The molecule has 3 heterocycles. The number of fused-ring (bicyclic) bond motifs is 1. The van der Waals surface area contributed by atoms with Gasteiger partial charge in [-0.2, -0.15) is 0 Å². The number of methoxy groups -OCH3 is 1. The van der Waals surface area contributed by atoms with E-state index in [1.807, 2.05) is 0 Å². The molecule has 0 unspecified atom stereocenters. The predicted octanol–water partition coefficient (Wildman–Crippen LogP) is 4.12. The van der Waals surface area contributed by atoms with Crippen molar-refractivity contribution in [1.29, 1.82) is 0 Å². The van der Waals surface area contributed by atoms with Crippen LogP contribution in [0.1, 0.15) is 60.8 Å². The Morgan fingerprint density at radius 2 is 1.61 bits per heavy atom. The summed E-state index contributed by atoms with van der Waals surface area (Å²) in [6.07, 6.45) is 0.872. The number of rotatable bonds is 6. The van der Waals surface area contributed by atoms with Crippen molar-refractivity contribution in [3.63, 3.8) is 0 Å². The lowest BCUT2D eigenvalue weighted by molar-refractivity contribution is -0.0316. The van der Waals surface area contributed by atoms with Crippen molar-refractivity contribution >= 4 is 28.9 Å². The van der Waals surface area contributed by atoms with Gasteiger partial charge < -0.3 is 17.7 Å². The second-order valence-electron chi connectivity index (χ2n) is 10.3. The third kappa shape index (κ3) is 4.74. The molecule has 1 N–H and O–H groups in total. The molecule has 0 bridgehead atoms. The average Bonchev–Trinajstić information content (AvgIpc) is 3.03. The highest BCUT2D eigenvalue weighted by molar-refractivity contribution is 8.00. The highest BCUT2D eigenvalue weighted by Crippen LogP contribution is 2.52. The minimum absolute atomic E-state index is 0.0172. The fourth-order valence-corrected chi connectivity index (χ4v) is 18.3. The van der Waals surface area contributed by atoms with Crippen LogP contribution >= 0.6 is 11.8 Å². The molecule has 8 nitrogen and oxygen atoms in total. The van der Waals surface area contributed by atoms with Gasteiger partial charge in [0.1, 0.15) is 11.5 Å². The molecule has 4 atom stereocenters. The van der Waals surface area contributed by atoms with Gasteiger partial charge in [-0.25, -0.2) is 4.79 Å². The molecule has 2 fully saturated rings. The van der Waals surface area contributed by atoms with E-state index >= 15 is 0 Å². The van der Waals surface area contributed by atoms with E-state index in [0.717, 1.165) is 0 Å². The quantitative estimate of drug-likeness (QED) is 0.569. The summed E-state index contributed by atoms with van der Waals surface area (Å²) in [7, 11) is -3.76. The highest BCUT2D eigenvalue weighted by Gasteiger charge is 2.61. The Morgan fingerprint density at radius 1 is 1.03 bits per heavy atom. The van der Waals surface area contributed by atoms with Gasteiger partial charge >= 0.3 is 22.8 Å². The van der Waals surface area contributed by atoms with Crippen molar-refractivity contribution in [1.82, 2.24) is 9.55 Å². The fourth-order valence-electron chi connectivity index (χ4n) is 5.23. The minimum Gasteiger partial charge on any atom is -0.414 e. The van der Waals surface area contributed by atoms with E-state index in [9.17, 15) is 9.59 Å². The summed E-state index contributed by atoms with van der Waals surface area (Å²) in [6.45, 7) is 18.1. The third-order valence-electron chi connectivity index (χ3n) is 7.01. The van der Waals surface area contributed by atoms with Gasteiger partial charge in [-0.3, -0.25) is 14.3 Å². The number of aromatic amines is 1. The molecule has 3 rings (SSSR count). The molecule has 0 spiro atoms. The second kappa shape index (κ2) is 10.1. The number of H-pyrrole nitrogens is 1. The Bertz CT molecular complexity index is 918. The summed E-state index contributed by atoms with van der Waals surface area (Å²) in [5.74, 6) is 0. The van der Waals surface area contributed by atoms with E-state index in [0.29, 0.717) is 6.61 Å². The van der Waals surface area contributed by atoms with Crippen molar-refractivity contribution in [2.75, 3.05) is 13.7 Å². The van der Waals surface area contributed by atoms with Crippen LogP contribution in [0.25, 0.3) is 0 Å². The number of ether oxygens (including phenoxy) is 1. The van der Waals surface area contributed by atoms with Crippen LogP contribution in [-0.4, -0.2) is 57.8 Å². The van der Waals surface area contributed by atoms with Gasteiger partial charge in [-0.15, -0.1) is 11.8 Å². The lowest BCUT2D eigenvalue weighted by atomic mass is 10.1. The zero-order valence-corrected chi connectivity index (χ0v) is 24.1. The molecule has 2 aliphatic rings. The van der Waals surface area contributed by atoms with E-state index in [4.69, 9.17) is 17.7 Å². The minimum atomic E-state index is -2.78. The number of nitrogens with zero attached hydrogens (tertiary/aromatic N) is 1. The van der Waals surface area contributed by atoms with Crippen LogP contribution in [0.2, 0.25) is 22.2 Å². The van der Waals surface area contributed by atoms with E-state index in [-0.39, 0.29) is 45.0 Å². The molecule has 0 saturated carbocycles. The summed E-state index contributed by atoms with van der Waals surface area (Å²) >= 11 is 1.63. The fraction of sp³-hybridized carbons (Fsp3) is 0.818. The second-order valence-corrected chi connectivity index (χ2v) is 20.5. The van der Waals surface area contributed by atoms with E-state index in [1.165, 1.54) is 12.3 Å².